The first kappa shape index (κ1) is 13.2. The Kier molecular flexibility index (Phi) is 4.09. The van der Waals surface area contributed by atoms with Crippen LogP contribution in [0, 0.1) is 5.92 Å². The third-order valence-corrected chi connectivity index (χ3v) is 3.46. The molecule has 1 amide bonds. The molecule has 0 spiro atoms. The highest BCUT2D eigenvalue weighted by molar-refractivity contribution is 6.31. The van der Waals surface area contributed by atoms with E-state index < -0.39 is 0 Å². The molecule has 1 aromatic carbocycles. The van der Waals surface area contributed by atoms with Gasteiger partial charge in [-0.2, -0.15) is 0 Å². The topological polar surface area (TPSA) is 64.3 Å². The maximum atomic E-state index is 12.1. The van der Waals surface area contributed by atoms with Crippen LogP contribution in [0.5, 0.6) is 0 Å². The van der Waals surface area contributed by atoms with E-state index in [4.69, 9.17) is 22.1 Å². The molecule has 2 unspecified atom stereocenters. The average molecular weight is 269 g/mol. The standard InChI is InChI=1S/C13H17ClN2O2/c1-2-12-9(5-6-18-12)13(17)16-11-4-3-8(14)7-10(11)15/h3-4,7,9,12H,2,5-6,15H2,1H3,(H,16,17). The number of carbonyl (C=O) groups excluding carboxylic acids is 1. The predicted octanol–water partition coefficient (Wildman–Crippen LogP) is 2.68. The molecular weight excluding hydrogens is 252 g/mol. The van der Waals surface area contributed by atoms with Crippen molar-refractivity contribution in [2.75, 3.05) is 17.7 Å². The van der Waals surface area contributed by atoms with Crippen LogP contribution in [-0.4, -0.2) is 18.6 Å². The zero-order chi connectivity index (χ0) is 13.1. The van der Waals surface area contributed by atoms with Gasteiger partial charge >= 0.3 is 0 Å². The van der Waals surface area contributed by atoms with Crippen molar-refractivity contribution in [3.8, 4) is 0 Å². The van der Waals surface area contributed by atoms with Gasteiger partial charge in [0.05, 0.1) is 23.4 Å². The summed E-state index contributed by atoms with van der Waals surface area (Å²) in [6.07, 6.45) is 1.62. The molecule has 4 nitrogen and oxygen atoms in total. The van der Waals surface area contributed by atoms with Crippen molar-refractivity contribution in [3.63, 3.8) is 0 Å². The zero-order valence-electron chi connectivity index (χ0n) is 10.3. The van der Waals surface area contributed by atoms with Gasteiger partial charge in [0.2, 0.25) is 5.91 Å². The van der Waals surface area contributed by atoms with Gasteiger partial charge in [0.25, 0.3) is 0 Å². The minimum Gasteiger partial charge on any atom is -0.397 e. The van der Waals surface area contributed by atoms with Crippen molar-refractivity contribution >= 4 is 28.9 Å². The van der Waals surface area contributed by atoms with E-state index >= 15 is 0 Å². The van der Waals surface area contributed by atoms with E-state index in [-0.39, 0.29) is 17.9 Å². The summed E-state index contributed by atoms with van der Waals surface area (Å²) in [5, 5.41) is 3.40. The number of nitrogens with two attached hydrogens (primary N) is 1. The maximum Gasteiger partial charge on any atom is 0.230 e. The third-order valence-electron chi connectivity index (χ3n) is 3.22. The van der Waals surface area contributed by atoms with Gasteiger partial charge in [-0.3, -0.25) is 4.79 Å². The van der Waals surface area contributed by atoms with Crippen LogP contribution in [-0.2, 0) is 9.53 Å². The highest BCUT2D eigenvalue weighted by Crippen LogP contribution is 2.27. The van der Waals surface area contributed by atoms with Gasteiger partial charge in [0.1, 0.15) is 0 Å². The number of ether oxygens (including phenoxy) is 1. The lowest BCUT2D eigenvalue weighted by Crippen LogP contribution is -2.29. The highest BCUT2D eigenvalue weighted by Gasteiger charge is 2.32. The Morgan fingerprint density at radius 3 is 3.06 bits per heavy atom. The number of carbonyl (C=O) groups is 1. The Morgan fingerprint density at radius 1 is 1.61 bits per heavy atom. The van der Waals surface area contributed by atoms with Crippen molar-refractivity contribution in [2.24, 2.45) is 5.92 Å². The number of nitrogen functional groups attached to an aromatic ring is 1. The summed E-state index contributed by atoms with van der Waals surface area (Å²) in [6.45, 7) is 2.67. The van der Waals surface area contributed by atoms with Crippen LogP contribution in [0.2, 0.25) is 5.02 Å². The van der Waals surface area contributed by atoms with Gasteiger partial charge < -0.3 is 15.8 Å². The molecule has 1 fully saturated rings. The molecule has 98 valence electrons. The lowest BCUT2D eigenvalue weighted by atomic mass is 9.98. The van der Waals surface area contributed by atoms with E-state index in [1.807, 2.05) is 6.92 Å². The lowest BCUT2D eigenvalue weighted by Gasteiger charge is -2.17. The van der Waals surface area contributed by atoms with Gasteiger partial charge in [0, 0.05) is 11.6 Å². The molecule has 0 saturated carbocycles. The Balaban J connectivity index is 2.07. The molecule has 1 aliphatic rings. The second-order valence-electron chi connectivity index (χ2n) is 4.43. The summed E-state index contributed by atoms with van der Waals surface area (Å²) in [6, 6.07) is 5.04. The molecule has 1 aliphatic heterocycles. The lowest BCUT2D eigenvalue weighted by molar-refractivity contribution is -0.121. The fourth-order valence-electron chi connectivity index (χ4n) is 2.22. The molecule has 5 heteroatoms. The number of hydrogen-bond acceptors (Lipinski definition) is 3. The first-order valence-corrected chi connectivity index (χ1v) is 6.47. The van der Waals surface area contributed by atoms with Crippen LogP contribution in [0.3, 0.4) is 0 Å². The van der Waals surface area contributed by atoms with Crippen LogP contribution in [0.4, 0.5) is 11.4 Å². The fourth-order valence-corrected chi connectivity index (χ4v) is 2.40. The molecule has 0 aliphatic carbocycles. The highest BCUT2D eigenvalue weighted by atomic mass is 35.5. The van der Waals surface area contributed by atoms with Crippen molar-refractivity contribution in [3.05, 3.63) is 23.2 Å². The fraction of sp³-hybridized carbons (Fsp3) is 0.462. The molecular formula is C13H17ClN2O2. The number of rotatable bonds is 3. The number of anilines is 2. The van der Waals surface area contributed by atoms with Gasteiger partial charge in [0.15, 0.2) is 0 Å². The third kappa shape index (κ3) is 2.76. The minimum absolute atomic E-state index is 0.0125. The molecule has 1 aromatic rings. The van der Waals surface area contributed by atoms with Crippen molar-refractivity contribution in [2.45, 2.75) is 25.9 Å². The molecule has 18 heavy (non-hydrogen) atoms. The van der Waals surface area contributed by atoms with Crippen molar-refractivity contribution in [1.29, 1.82) is 0 Å². The number of nitrogens with one attached hydrogen (secondary N) is 1. The van der Waals surface area contributed by atoms with E-state index in [1.54, 1.807) is 18.2 Å². The van der Waals surface area contributed by atoms with Gasteiger partial charge in [-0.15, -0.1) is 0 Å². The van der Waals surface area contributed by atoms with Crippen LogP contribution < -0.4 is 11.1 Å². The molecule has 2 rings (SSSR count). The Bertz CT molecular complexity index is 451. The summed E-state index contributed by atoms with van der Waals surface area (Å²) in [5.41, 5.74) is 6.88. The second kappa shape index (κ2) is 5.59. The maximum absolute atomic E-state index is 12.1. The average Bonchev–Trinajstić information content (AvgIpc) is 2.81. The molecule has 3 N–H and O–H groups in total. The van der Waals surface area contributed by atoms with Gasteiger partial charge in [-0.05, 0) is 31.0 Å². The number of halogens is 1. The van der Waals surface area contributed by atoms with E-state index in [2.05, 4.69) is 5.32 Å². The molecule has 2 atom stereocenters. The monoisotopic (exact) mass is 268 g/mol. The Morgan fingerprint density at radius 2 is 2.39 bits per heavy atom. The zero-order valence-corrected chi connectivity index (χ0v) is 11.0. The van der Waals surface area contributed by atoms with Crippen LogP contribution in [0.1, 0.15) is 19.8 Å². The Labute approximate surface area is 111 Å². The molecule has 0 radical (unpaired) electrons. The van der Waals surface area contributed by atoms with Crippen molar-refractivity contribution in [1.82, 2.24) is 0 Å². The first-order valence-electron chi connectivity index (χ1n) is 6.09. The number of hydrogen-bond donors (Lipinski definition) is 2. The van der Waals surface area contributed by atoms with E-state index in [0.29, 0.717) is 23.0 Å². The van der Waals surface area contributed by atoms with Crippen LogP contribution in [0.25, 0.3) is 0 Å². The van der Waals surface area contributed by atoms with Gasteiger partial charge in [-0.1, -0.05) is 18.5 Å². The SMILES string of the molecule is CCC1OCCC1C(=O)Nc1ccc(Cl)cc1N. The predicted molar refractivity (Wildman–Crippen MR) is 72.6 cm³/mol. The Hall–Kier alpha value is -1.26. The van der Waals surface area contributed by atoms with Crippen LogP contribution in [0.15, 0.2) is 18.2 Å². The molecule has 0 aromatic heterocycles. The summed E-state index contributed by atoms with van der Waals surface area (Å²) in [4.78, 5) is 12.1. The summed E-state index contributed by atoms with van der Waals surface area (Å²) < 4.78 is 5.51. The smallest absolute Gasteiger partial charge is 0.230 e. The van der Waals surface area contributed by atoms with Crippen LogP contribution >= 0.6 is 11.6 Å². The number of benzene rings is 1. The van der Waals surface area contributed by atoms with E-state index in [1.165, 1.54) is 0 Å². The summed E-state index contributed by atoms with van der Waals surface area (Å²) >= 11 is 5.81. The summed E-state index contributed by atoms with van der Waals surface area (Å²) in [7, 11) is 0. The van der Waals surface area contributed by atoms with Crippen molar-refractivity contribution < 1.29 is 9.53 Å². The normalized spacial score (nSPS) is 23.0. The van der Waals surface area contributed by atoms with E-state index in [9.17, 15) is 4.79 Å². The second-order valence-corrected chi connectivity index (χ2v) is 4.87. The molecule has 0 bridgehead atoms. The quantitative estimate of drug-likeness (QED) is 0.829. The largest absolute Gasteiger partial charge is 0.397 e. The number of amides is 1. The van der Waals surface area contributed by atoms with Gasteiger partial charge in [-0.25, -0.2) is 0 Å². The first-order chi connectivity index (χ1) is 8.61. The summed E-state index contributed by atoms with van der Waals surface area (Å²) in [5.74, 6) is -0.126. The minimum atomic E-state index is -0.0925. The molecule has 1 heterocycles. The molecule has 1 saturated heterocycles. The van der Waals surface area contributed by atoms with E-state index in [0.717, 1.165) is 12.8 Å².